The van der Waals surface area contributed by atoms with Gasteiger partial charge in [-0.25, -0.2) is 9.97 Å². The minimum Gasteiger partial charge on any atom is -0.362 e. The fourth-order valence-corrected chi connectivity index (χ4v) is 3.84. The lowest BCUT2D eigenvalue weighted by molar-refractivity contribution is 0.385. The molecular formula is C30H47N3. The van der Waals surface area contributed by atoms with Crippen molar-refractivity contribution in [1.29, 1.82) is 0 Å². The Morgan fingerprint density at radius 1 is 0.879 bits per heavy atom. The van der Waals surface area contributed by atoms with E-state index in [0.717, 1.165) is 28.5 Å². The molecule has 0 N–H and O–H groups in total. The predicted octanol–water partition coefficient (Wildman–Crippen LogP) is 8.82. The maximum atomic E-state index is 4.42. The number of hydrogen-bond donors (Lipinski definition) is 0. The number of fused-ring (bicyclic) bond motifs is 1. The summed E-state index contributed by atoms with van der Waals surface area (Å²) < 4.78 is 0. The van der Waals surface area contributed by atoms with Crippen molar-refractivity contribution in [3.05, 3.63) is 66.0 Å². The molecule has 1 saturated carbocycles. The van der Waals surface area contributed by atoms with Gasteiger partial charge in [0, 0.05) is 19.5 Å². The fourth-order valence-electron chi connectivity index (χ4n) is 3.84. The molecule has 1 aliphatic rings. The van der Waals surface area contributed by atoms with Crippen molar-refractivity contribution in [2.24, 2.45) is 5.92 Å². The zero-order chi connectivity index (χ0) is 24.6. The monoisotopic (exact) mass is 449 g/mol. The van der Waals surface area contributed by atoms with Crippen LogP contribution in [-0.2, 0) is 0 Å². The summed E-state index contributed by atoms with van der Waals surface area (Å²) in [7, 11) is 3.99. The Morgan fingerprint density at radius 3 is 1.97 bits per heavy atom. The Hall–Kier alpha value is -2.42. The molecule has 0 bridgehead atoms. The smallest absolute Gasteiger partial charge is 0.139 e. The summed E-state index contributed by atoms with van der Waals surface area (Å²) in [6, 6.07) is 18.7. The van der Waals surface area contributed by atoms with Crippen LogP contribution in [0.15, 0.2) is 54.6 Å². The predicted molar refractivity (Wildman–Crippen MR) is 147 cm³/mol. The van der Waals surface area contributed by atoms with Gasteiger partial charge in [-0.05, 0) is 42.9 Å². The van der Waals surface area contributed by atoms with E-state index in [2.05, 4.69) is 61.1 Å². The second-order valence-electron chi connectivity index (χ2n) is 8.97. The van der Waals surface area contributed by atoms with Crippen molar-refractivity contribution in [3.8, 4) is 0 Å². The van der Waals surface area contributed by atoms with Gasteiger partial charge in [0.25, 0.3) is 0 Å². The molecule has 182 valence electrons. The number of rotatable bonds is 3. The zero-order valence-electron chi connectivity index (χ0n) is 22.4. The SMILES string of the molecule is CC.CC1CCCCC1.CCC(C)c1ccccc1.Cc1nc(N(C)C)c2ccccc2n1. The summed E-state index contributed by atoms with van der Waals surface area (Å²) in [5, 5.41) is 1.10. The van der Waals surface area contributed by atoms with Crippen LogP contribution >= 0.6 is 0 Å². The van der Waals surface area contributed by atoms with Crippen LogP contribution in [0.3, 0.4) is 0 Å². The van der Waals surface area contributed by atoms with E-state index in [-0.39, 0.29) is 0 Å². The molecule has 1 aliphatic carbocycles. The van der Waals surface area contributed by atoms with Crippen LogP contribution in [0.25, 0.3) is 10.9 Å². The molecule has 3 nitrogen and oxygen atoms in total. The first-order chi connectivity index (χ1) is 15.9. The number of para-hydroxylation sites is 1. The van der Waals surface area contributed by atoms with Crippen molar-refractivity contribution in [3.63, 3.8) is 0 Å². The van der Waals surface area contributed by atoms with Gasteiger partial charge in [0.05, 0.1) is 5.52 Å². The zero-order valence-corrected chi connectivity index (χ0v) is 22.4. The maximum absolute atomic E-state index is 4.42. The molecule has 0 radical (unpaired) electrons. The molecule has 0 saturated heterocycles. The second kappa shape index (κ2) is 16.2. The number of hydrogen-bond acceptors (Lipinski definition) is 3. The van der Waals surface area contributed by atoms with E-state index < -0.39 is 0 Å². The van der Waals surface area contributed by atoms with Crippen LogP contribution in [0, 0.1) is 12.8 Å². The number of aromatic nitrogens is 2. The van der Waals surface area contributed by atoms with Crippen LogP contribution < -0.4 is 4.90 Å². The summed E-state index contributed by atoms with van der Waals surface area (Å²) in [6.45, 7) is 12.8. The lowest BCUT2D eigenvalue weighted by atomic mass is 9.91. The standard InChI is InChI=1S/C11H13N3.C10H14.C7H14.C2H6/c1-8-12-10-7-5-4-6-9(10)11(13-8)14(2)3;1-3-9(2)10-7-5-4-6-8-10;1-7-5-3-2-4-6-7;1-2/h4-7H,1-3H3;4-9H,3H2,1-2H3;7H,2-6H2,1H3;1-2H3. The van der Waals surface area contributed by atoms with E-state index in [1.54, 1.807) is 0 Å². The maximum Gasteiger partial charge on any atom is 0.139 e. The average molecular weight is 450 g/mol. The largest absolute Gasteiger partial charge is 0.362 e. The minimum absolute atomic E-state index is 0.709. The van der Waals surface area contributed by atoms with Crippen LogP contribution in [0.4, 0.5) is 5.82 Å². The van der Waals surface area contributed by atoms with E-state index in [1.165, 1.54) is 44.1 Å². The molecule has 0 amide bonds. The van der Waals surface area contributed by atoms with Crippen molar-refractivity contribution in [2.75, 3.05) is 19.0 Å². The quantitative estimate of drug-likeness (QED) is 0.400. The van der Waals surface area contributed by atoms with Gasteiger partial charge in [0.1, 0.15) is 11.6 Å². The molecule has 1 unspecified atom stereocenters. The lowest BCUT2D eigenvalue weighted by Gasteiger charge is -2.15. The van der Waals surface area contributed by atoms with Crippen molar-refractivity contribution in [1.82, 2.24) is 9.97 Å². The topological polar surface area (TPSA) is 29.0 Å². The third-order valence-electron chi connectivity index (χ3n) is 5.99. The van der Waals surface area contributed by atoms with Crippen molar-refractivity contribution >= 4 is 16.7 Å². The Kier molecular flexibility index (Phi) is 14.1. The van der Waals surface area contributed by atoms with Gasteiger partial charge in [0.15, 0.2) is 0 Å². The highest BCUT2D eigenvalue weighted by molar-refractivity contribution is 5.89. The number of benzene rings is 2. The van der Waals surface area contributed by atoms with Gasteiger partial charge >= 0.3 is 0 Å². The van der Waals surface area contributed by atoms with Gasteiger partial charge in [-0.3, -0.25) is 0 Å². The molecule has 1 aromatic heterocycles. The van der Waals surface area contributed by atoms with Gasteiger partial charge in [-0.2, -0.15) is 0 Å². The van der Waals surface area contributed by atoms with Gasteiger partial charge < -0.3 is 4.90 Å². The van der Waals surface area contributed by atoms with Crippen LogP contribution in [-0.4, -0.2) is 24.1 Å². The van der Waals surface area contributed by atoms with E-state index in [9.17, 15) is 0 Å². The van der Waals surface area contributed by atoms with Gasteiger partial charge in [-0.1, -0.05) is 109 Å². The Bertz CT molecular complexity index is 883. The van der Waals surface area contributed by atoms with Crippen LogP contribution in [0.1, 0.15) is 90.4 Å². The minimum atomic E-state index is 0.709. The molecule has 1 fully saturated rings. The molecular weight excluding hydrogens is 402 g/mol. The van der Waals surface area contributed by atoms with Gasteiger partial charge in [0.2, 0.25) is 0 Å². The number of anilines is 1. The molecule has 2 aromatic carbocycles. The first kappa shape index (κ1) is 28.6. The normalized spacial score (nSPS) is 13.9. The van der Waals surface area contributed by atoms with E-state index in [4.69, 9.17) is 0 Å². The van der Waals surface area contributed by atoms with Crippen LogP contribution in [0.5, 0.6) is 0 Å². The molecule has 1 atom stereocenters. The third kappa shape index (κ3) is 10.4. The summed E-state index contributed by atoms with van der Waals surface area (Å²) in [5.74, 6) is 3.54. The Balaban J connectivity index is 0.000000252. The summed E-state index contributed by atoms with van der Waals surface area (Å²) in [4.78, 5) is 10.8. The molecule has 4 rings (SSSR count). The highest BCUT2D eigenvalue weighted by Crippen LogP contribution is 2.22. The molecule has 0 aliphatic heterocycles. The summed E-state index contributed by atoms with van der Waals surface area (Å²) in [5.41, 5.74) is 2.45. The molecule has 1 heterocycles. The first-order valence-corrected chi connectivity index (χ1v) is 12.9. The van der Waals surface area contributed by atoms with E-state index in [0.29, 0.717) is 5.92 Å². The summed E-state index contributed by atoms with van der Waals surface area (Å²) >= 11 is 0. The van der Waals surface area contributed by atoms with E-state index in [1.807, 2.05) is 64.0 Å². The first-order valence-electron chi connectivity index (χ1n) is 12.9. The molecule has 0 spiro atoms. The highest BCUT2D eigenvalue weighted by Gasteiger charge is 2.06. The Labute approximate surface area is 203 Å². The average Bonchev–Trinajstić information content (AvgIpc) is 2.86. The Morgan fingerprint density at radius 2 is 1.45 bits per heavy atom. The molecule has 3 heteroatoms. The molecule has 33 heavy (non-hydrogen) atoms. The van der Waals surface area contributed by atoms with Crippen LogP contribution in [0.2, 0.25) is 0 Å². The number of nitrogens with zero attached hydrogens (tertiary/aromatic N) is 3. The third-order valence-corrected chi connectivity index (χ3v) is 5.99. The van der Waals surface area contributed by atoms with Crippen molar-refractivity contribution in [2.45, 2.75) is 86.0 Å². The highest BCUT2D eigenvalue weighted by atomic mass is 15.1. The fraction of sp³-hybridized carbons (Fsp3) is 0.533. The second-order valence-corrected chi connectivity index (χ2v) is 8.97. The van der Waals surface area contributed by atoms with E-state index >= 15 is 0 Å². The summed E-state index contributed by atoms with van der Waals surface area (Å²) in [6.07, 6.45) is 8.66. The van der Waals surface area contributed by atoms with Crippen molar-refractivity contribution < 1.29 is 0 Å². The van der Waals surface area contributed by atoms with Gasteiger partial charge in [-0.15, -0.1) is 0 Å². The lowest BCUT2D eigenvalue weighted by Crippen LogP contribution is -2.12. The number of aryl methyl sites for hydroxylation is 1. The molecule has 3 aromatic rings.